The van der Waals surface area contributed by atoms with Crippen molar-refractivity contribution < 1.29 is 14.3 Å². The number of carbonyl (C=O) groups is 1. The molecule has 116 valence electrons. The van der Waals surface area contributed by atoms with Gasteiger partial charge in [0, 0.05) is 25.2 Å². The second-order valence-corrected chi connectivity index (χ2v) is 6.39. The molecule has 1 heterocycles. The van der Waals surface area contributed by atoms with Crippen LogP contribution in [0.5, 0.6) is 0 Å². The van der Waals surface area contributed by atoms with Crippen LogP contribution in [-0.2, 0) is 14.3 Å². The van der Waals surface area contributed by atoms with Crippen LogP contribution in [0, 0.1) is 0 Å². The van der Waals surface area contributed by atoms with Crippen molar-refractivity contribution in [2.45, 2.75) is 64.3 Å². The van der Waals surface area contributed by atoms with Gasteiger partial charge >= 0.3 is 5.97 Å². The van der Waals surface area contributed by atoms with E-state index in [1.165, 1.54) is 0 Å². The first-order valence-corrected chi connectivity index (χ1v) is 7.75. The summed E-state index contributed by atoms with van der Waals surface area (Å²) in [7, 11) is 0. The van der Waals surface area contributed by atoms with Crippen LogP contribution in [0.15, 0.2) is 0 Å². The molecule has 0 amide bonds. The number of hydrogen-bond donors (Lipinski definition) is 1. The summed E-state index contributed by atoms with van der Waals surface area (Å²) >= 11 is 0. The van der Waals surface area contributed by atoms with Gasteiger partial charge < -0.3 is 9.47 Å². The van der Waals surface area contributed by atoms with Crippen molar-refractivity contribution >= 4 is 5.97 Å². The van der Waals surface area contributed by atoms with E-state index in [9.17, 15) is 4.79 Å². The summed E-state index contributed by atoms with van der Waals surface area (Å²) in [6.07, 6.45) is 2.53. The lowest BCUT2D eigenvalue weighted by Gasteiger charge is -2.41. The number of rotatable bonds is 6. The molecule has 2 aliphatic rings. The van der Waals surface area contributed by atoms with Crippen LogP contribution in [0.3, 0.4) is 0 Å². The highest BCUT2D eigenvalue weighted by atomic mass is 16.5. The second-order valence-electron chi connectivity index (χ2n) is 6.39. The Balaban J connectivity index is 2.03. The number of nitrogens with one attached hydrogen (secondary N) is 1. The molecule has 2 fully saturated rings. The van der Waals surface area contributed by atoms with Gasteiger partial charge in [-0.3, -0.25) is 15.0 Å². The van der Waals surface area contributed by atoms with Gasteiger partial charge in [0.05, 0.1) is 19.3 Å². The molecule has 0 aromatic rings. The number of morpholine rings is 1. The summed E-state index contributed by atoms with van der Waals surface area (Å²) < 4.78 is 10.9. The van der Waals surface area contributed by atoms with Crippen LogP contribution >= 0.6 is 0 Å². The van der Waals surface area contributed by atoms with Gasteiger partial charge in [0.15, 0.2) is 0 Å². The van der Waals surface area contributed by atoms with Crippen molar-refractivity contribution in [3.8, 4) is 0 Å². The number of esters is 1. The molecule has 3 atom stereocenters. The van der Waals surface area contributed by atoms with E-state index < -0.39 is 5.54 Å². The SMILES string of the molecule is CCOC(=O)C(C)(CN1CC(C)OCC1C)NC1CC1. The van der Waals surface area contributed by atoms with Crippen molar-refractivity contribution in [1.82, 2.24) is 10.2 Å². The summed E-state index contributed by atoms with van der Waals surface area (Å²) in [5.41, 5.74) is -0.623. The van der Waals surface area contributed by atoms with Crippen molar-refractivity contribution in [1.29, 1.82) is 0 Å². The Morgan fingerprint density at radius 3 is 2.75 bits per heavy atom. The van der Waals surface area contributed by atoms with Gasteiger partial charge in [-0.05, 0) is 40.5 Å². The van der Waals surface area contributed by atoms with Crippen LogP contribution < -0.4 is 5.32 Å². The zero-order valence-electron chi connectivity index (χ0n) is 13.1. The number of ether oxygens (including phenoxy) is 2. The monoisotopic (exact) mass is 284 g/mol. The van der Waals surface area contributed by atoms with Gasteiger partial charge in [-0.1, -0.05) is 0 Å². The van der Waals surface area contributed by atoms with E-state index in [2.05, 4.69) is 24.1 Å². The molecule has 20 heavy (non-hydrogen) atoms. The molecule has 5 nitrogen and oxygen atoms in total. The highest BCUT2D eigenvalue weighted by Crippen LogP contribution is 2.25. The van der Waals surface area contributed by atoms with E-state index in [4.69, 9.17) is 9.47 Å². The Kier molecular flexibility index (Phi) is 5.04. The van der Waals surface area contributed by atoms with Gasteiger partial charge in [-0.15, -0.1) is 0 Å². The van der Waals surface area contributed by atoms with Gasteiger partial charge in [0.25, 0.3) is 0 Å². The minimum absolute atomic E-state index is 0.141. The number of hydrogen-bond acceptors (Lipinski definition) is 5. The Bertz CT molecular complexity index is 346. The Morgan fingerprint density at radius 2 is 2.15 bits per heavy atom. The third-order valence-electron chi connectivity index (χ3n) is 4.08. The maximum atomic E-state index is 12.3. The minimum atomic E-state index is -0.623. The highest BCUT2D eigenvalue weighted by molar-refractivity contribution is 5.80. The quantitative estimate of drug-likeness (QED) is 0.742. The number of carbonyl (C=O) groups excluding carboxylic acids is 1. The first-order valence-electron chi connectivity index (χ1n) is 7.75. The molecule has 1 saturated heterocycles. The van der Waals surface area contributed by atoms with Crippen LogP contribution in [0.4, 0.5) is 0 Å². The van der Waals surface area contributed by atoms with Gasteiger partial charge in [0.1, 0.15) is 5.54 Å². The topological polar surface area (TPSA) is 50.8 Å². The fraction of sp³-hybridized carbons (Fsp3) is 0.933. The molecule has 0 radical (unpaired) electrons. The van der Waals surface area contributed by atoms with E-state index in [1.807, 2.05) is 13.8 Å². The van der Waals surface area contributed by atoms with Crippen molar-refractivity contribution in [2.24, 2.45) is 0 Å². The zero-order chi connectivity index (χ0) is 14.8. The van der Waals surface area contributed by atoms with Gasteiger partial charge in [-0.2, -0.15) is 0 Å². The van der Waals surface area contributed by atoms with Crippen molar-refractivity contribution in [3.05, 3.63) is 0 Å². The molecule has 0 aromatic carbocycles. The summed E-state index contributed by atoms with van der Waals surface area (Å²) in [4.78, 5) is 14.7. The summed E-state index contributed by atoms with van der Waals surface area (Å²) in [6.45, 7) is 10.7. The maximum Gasteiger partial charge on any atom is 0.327 e. The van der Waals surface area contributed by atoms with E-state index in [1.54, 1.807) is 0 Å². The summed E-state index contributed by atoms with van der Waals surface area (Å²) in [5, 5.41) is 3.48. The maximum absolute atomic E-state index is 12.3. The molecular weight excluding hydrogens is 256 g/mol. The highest BCUT2D eigenvalue weighted by Gasteiger charge is 2.42. The van der Waals surface area contributed by atoms with Crippen LogP contribution in [0.25, 0.3) is 0 Å². The molecule has 0 bridgehead atoms. The lowest BCUT2D eigenvalue weighted by molar-refractivity contribution is -0.153. The Labute approximate surface area is 122 Å². The second kappa shape index (κ2) is 6.41. The standard InChI is InChI=1S/C15H28N2O3/c1-5-19-14(18)15(4,16-13-6-7-13)10-17-8-12(3)20-9-11(17)2/h11-13,16H,5-10H2,1-4H3. The third kappa shape index (κ3) is 3.93. The molecule has 3 unspecified atom stereocenters. The average Bonchev–Trinajstić information content (AvgIpc) is 3.18. The normalized spacial score (nSPS) is 30.8. The minimum Gasteiger partial charge on any atom is -0.465 e. The van der Waals surface area contributed by atoms with Crippen molar-refractivity contribution in [2.75, 3.05) is 26.3 Å². The largest absolute Gasteiger partial charge is 0.465 e. The van der Waals surface area contributed by atoms with Crippen LogP contribution in [0.1, 0.15) is 40.5 Å². The van der Waals surface area contributed by atoms with Gasteiger partial charge in [-0.25, -0.2) is 0 Å². The molecule has 0 spiro atoms. The molecule has 1 N–H and O–H groups in total. The third-order valence-corrected chi connectivity index (χ3v) is 4.08. The summed E-state index contributed by atoms with van der Waals surface area (Å²) in [6, 6.07) is 0.805. The molecule has 1 aliphatic heterocycles. The smallest absolute Gasteiger partial charge is 0.327 e. The van der Waals surface area contributed by atoms with E-state index >= 15 is 0 Å². The molecule has 1 saturated carbocycles. The first kappa shape index (κ1) is 15.7. The molecule has 0 aromatic heterocycles. The van der Waals surface area contributed by atoms with E-state index in [0.29, 0.717) is 25.2 Å². The predicted molar refractivity (Wildman–Crippen MR) is 77.6 cm³/mol. The van der Waals surface area contributed by atoms with Gasteiger partial charge in [0.2, 0.25) is 0 Å². The molecule has 5 heteroatoms. The average molecular weight is 284 g/mol. The Hall–Kier alpha value is -0.650. The van der Waals surface area contributed by atoms with E-state index in [-0.39, 0.29) is 12.1 Å². The van der Waals surface area contributed by atoms with Crippen molar-refractivity contribution in [3.63, 3.8) is 0 Å². The van der Waals surface area contributed by atoms with Crippen LogP contribution in [-0.4, -0.2) is 60.9 Å². The lowest BCUT2D eigenvalue weighted by Crippen LogP contribution is -2.61. The molecule has 2 rings (SSSR count). The van der Waals surface area contributed by atoms with Crippen LogP contribution in [0.2, 0.25) is 0 Å². The lowest BCUT2D eigenvalue weighted by atomic mass is 9.99. The predicted octanol–water partition coefficient (Wildman–Crippen LogP) is 1.17. The fourth-order valence-corrected chi connectivity index (χ4v) is 2.74. The summed E-state index contributed by atoms with van der Waals surface area (Å²) in [5.74, 6) is -0.141. The number of nitrogens with zero attached hydrogens (tertiary/aromatic N) is 1. The molecule has 1 aliphatic carbocycles. The zero-order valence-corrected chi connectivity index (χ0v) is 13.1. The van der Waals surface area contributed by atoms with E-state index in [0.717, 1.165) is 26.0 Å². The first-order chi connectivity index (χ1) is 9.44. The fourth-order valence-electron chi connectivity index (χ4n) is 2.74. The molecular formula is C15H28N2O3. The Morgan fingerprint density at radius 1 is 1.45 bits per heavy atom.